The van der Waals surface area contributed by atoms with Crippen molar-refractivity contribution in [1.29, 1.82) is 5.26 Å². The van der Waals surface area contributed by atoms with Crippen LogP contribution in [0.4, 0.5) is 0 Å². The van der Waals surface area contributed by atoms with Crippen LogP contribution in [0.5, 0.6) is 0 Å². The maximum Gasteiger partial charge on any atom is 0.110 e. The van der Waals surface area contributed by atoms with Gasteiger partial charge < -0.3 is 0 Å². The molecule has 1 aromatic rings. The van der Waals surface area contributed by atoms with E-state index in [2.05, 4.69) is 55.1 Å². The van der Waals surface area contributed by atoms with Gasteiger partial charge in [0.15, 0.2) is 0 Å². The number of hydrogen-bond donors (Lipinski definition) is 0. The summed E-state index contributed by atoms with van der Waals surface area (Å²) in [6.07, 6.45) is 4.56. The Balaban J connectivity index is 1.94. The summed E-state index contributed by atoms with van der Waals surface area (Å²) in [4.78, 5) is 2.47. The molecule has 3 unspecified atom stereocenters. The van der Waals surface area contributed by atoms with Crippen LogP contribution in [0, 0.1) is 16.7 Å². The van der Waals surface area contributed by atoms with Gasteiger partial charge in [0.25, 0.3) is 0 Å². The van der Waals surface area contributed by atoms with E-state index < -0.39 is 0 Å². The monoisotopic (exact) mass is 254 g/mol. The fraction of sp³-hybridized carbons (Fsp3) is 0.588. The maximum absolute atomic E-state index is 9.76. The highest BCUT2D eigenvalue weighted by Gasteiger charge is 2.55. The Labute approximate surface area is 116 Å². The highest BCUT2D eigenvalue weighted by molar-refractivity contribution is 5.25. The number of rotatable bonds is 2. The lowest BCUT2D eigenvalue weighted by Gasteiger charge is -2.37. The van der Waals surface area contributed by atoms with Gasteiger partial charge in [0.1, 0.15) is 5.54 Å². The standard InChI is InChI=1S/C17H22N2/c1-14(15-7-4-3-5-8-15)19-13-16(2)9-6-10-17(19,11-16)12-18/h3-5,7-8,14H,6,9-11,13H2,1-2H3. The van der Waals surface area contributed by atoms with Gasteiger partial charge in [-0.05, 0) is 43.6 Å². The summed E-state index contributed by atoms with van der Waals surface area (Å²) in [5, 5.41) is 9.76. The van der Waals surface area contributed by atoms with Gasteiger partial charge in [0.2, 0.25) is 0 Å². The van der Waals surface area contributed by atoms with Crippen molar-refractivity contribution in [3.8, 4) is 6.07 Å². The van der Waals surface area contributed by atoms with Crippen LogP contribution in [0.15, 0.2) is 30.3 Å². The lowest BCUT2D eigenvalue weighted by molar-refractivity contribution is 0.131. The Morgan fingerprint density at radius 3 is 2.68 bits per heavy atom. The summed E-state index contributed by atoms with van der Waals surface area (Å²) in [7, 11) is 0. The normalized spacial score (nSPS) is 35.8. The van der Waals surface area contributed by atoms with Gasteiger partial charge in [0, 0.05) is 12.6 Å². The van der Waals surface area contributed by atoms with Crippen LogP contribution in [0.25, 0.3) is 0 Å². The van der Waals surface area contributed by atoms with Gasteiger partial charge in [0.05, 0.1) is 6.07 Å². The van der Waals surface area contributed by atoms with Gasteiger partial charge in [-0.2, -0.15) is 5.26 Å². The van der Waals surface area contributed by atoms with Crippen LogP contribution in [-0.4, -0.2) is 17.0 Å². The number of nitrogens with zero attached hydrogens (tertiary/aromatic N) is 2. The molecule has 1 saturated carbocycles. The minimum absolute atomic E-state index is 0.220. The van der Waals surface area contributed by atoms with E-state index in [4.69, 9.17) is 0 Å². The number of likely N-dealkylation sites (tertiary alicyclic amines) is 1. The molecule has 1 aromatic carbocycles. The smallest absolute Gasteiger partial charge is 0.110 e. The Morgan fingerprint density at radius 1 is 1.26 bits per heavy atom. The zero-order chi connectivity index (χ0) is 13.5. The molecule has 1 saturated heterocycles. The van der Waals surface area contributed by atoms with E-state index in [9.17, 15) is 5.26 Å². The number of hydrogen-bond acceptors (Lipinski definition) is 2. The molecule has 2 fully saturated rings. The largest absolute Gasteiger partial charge is 0.278 e. The van der Waals surface area contributed by atoms with Crippen molar-refractivity contribution < 1.29 is 0 Å². The minimum atomic E-state index is -0.220. The summed E-state index contributed by atoms with van der Waals surface area (Å²) in [5.41, 5.74) is 1.45. The van der Waals surface area contributed by atoms with Crippen LogP contribution in [-0.2, 0) is 0 Å². The maximum atomic E-state index is 9.76. The molecule has 2 bridgehead atoms. The van der Waals surface area contributed by atoms with Crippen LogP contribution < -0.4 is 0 Å². The van der Waals surface area contributed by atoms with E-state index in [0.29, 0.717) is 11.5 Å². The van der Waals surface area contributed by atoms with Gasteiger partial charge in [-0.25, -0.2) is 0 Å². The minimum Gasteiger partial charge on any atom is -0.278 e. The van der Waals surface area contributed by atoms with Gasteiger partial charge in [-0.1, -0.05) is 37.3 Å². The Morgan fingerprint density at radius 2 is 2.00 bits per heavy atom. The molecule has 0 aromatic heterocycles. The van der Waals surface area contributed by atoms with Crippen molar-refractivity contribution in [3.05, 3.63) is 35.9 Å². The molecular weight excluding hydrogens is 232 g/mol. The predicted molar refractivity (Wildman–Crippen MR) is 76.5 cm³/mol. The summed E-state index contributed by atoms with van der Waals surface area (Å²) >= 11 is 0. The van der Waals surface area contributed by atoms with Crippen LogP contribution in [0.2, 0.25) is 0 Å². The number of benzene rings is 1. The van der Waals surface area contributed by atoms with E-state index in [0.717, 1.165) is 19.4 Å². The lowest BCUT2D eigenvalue weighted by Crippen LogP contribution is -2.44. The molecule has 2 aliphatic rings. The topological polar surface area (TPSA) is 27.0 Å². The molecule has 19 heavy (non-hydrogen) atoms. The average Bonchev–Trinajstić information content (AvgIpc) is 2.65. The van der Waals surface area contributed by atoms with E-state index in [1.165, 1.54) is 18.4 Å². The van der Waals surface area contributed by atoms with Crippen molar-refractivity contribution in [3.63, 3.8) is 0 Å². The molecule has 0 spiro atoms. The highest BCUT2D eigenvalue weighted by Crippen LogP contribution is 2.53. The first-order chi connectivity index (χ1) is 9.09. The third kappa shape index (κ3) is 1.97. The third-order valence-corrected chi connectivity index (χ3v) is 5.15. The van der Waals surface area contributed by atoms with Crippen molar-refractivity contribution in [2.45, 2.75) is 51.1 Å². The first-order valence-electron chi connectivity index (χ1n) is 7.32. The van der Waals surface area contributed by atoms with E-state index in [1.54, 1.807) is 0 Å². The van der Waals surface area contributed by atoms with Crippen molar-refractivity contribution in [1.82, 2.24) is 4.90 Å². The van der Waals surface area contributed by atoms with Crippen LogP contribution >= 0.6 is 0 Å². The van der Waals surface area contributed by atoms with Crippen LogP contribution in [0.3, 0.4) is 0 Å². The zero-order valence-corrected chi connectivity index (χ0v) is 11.9. The Bertz CT molecular complexity index is 504. The van der Waals surface area contributed by atoms with E-state index >= 15 is 0 Å². The average molecular weight is 254 g/mol. The second kappa shape index (κ2) is 4.35. The van der Waals surface area contributed by atoms with E-state index in [-0.39, 0.29) is 5.54 Å². The van der Waals surface area contributed by atoms with Crippen molar-refractivity contribution in [2.24, 2.45) is 5.41 Å². The zero-order valence-electron chi connectivity index (χ0n) is 11.9. The van der Waals surface area contributed by atoms with Gasteiger partial charge in [-0.3, -0.25) is 4.90 Å². The van der Waals surface area contributed by atoms with Crippen molar-refractivity contribution in [2.75, 3.05) is 6.54 Å². The summed E-state index contributed by atoms with van der Waals surface area (Å²) in [6, 6.07) is 13.6. The summed E-state index contributed by atoms with van der Waals surface area (Å²) in [5.74, 6) is 0. The van der Waals surface area contributed by atoms with Crippen LogP contribution in [0.1, 0.15) is 51.1 Å². The first kappa shape index (κ1) is 12.7. The SMILES string of the molecule is CC(c1ccccc1)N1CC2(C)CCCC1(C#N)C2. The molecular formula is C17H22N2. The molecule has 3 rings (SSSR count). The van der Waals surface area contributed by atoms with Gasteiger partial charge in [-0.15, -0.1) is 0 Å². The molecule has 0 N–H and O–H groups in total. The molecule has 1 heterocycles. The van der Waals surface area contributed by atoms with E-state index in [1.807, 2.05) is 0 Å². The molecule has 0 radical (unpaired) electrons. The first-order valence-corrected chi connectivity index (χ1v) is 7.32. The molecule has 1 aliphatic heterocycles. The predicted octanol–water partition coefficient (Wildman–Crippen LogP) is 3.91. The molecule has 3 atom stereocenters. The van der Waals surface area contributed by atoms with Crippen molar-refractivity contribution >= 4 is 0 Å². The Kier molecular flexibility index (Phi) is 2.91. The highest BCUT2D eigenvalue weighted by atomic mass is 15.3. The molecule has 1 aliphatic carbocycles. The number of fused-ring (bicyclic) bond motifs is 2. The third-order valence-electron chi connectivity index (χ3n) is 5.15. The quantitative estimate of drug-likeness (QED) is 0.800. The number of nitriles is 1. The second-order valence-corrected chi connectivity index (χ2v) is 6.70. The summed E-state index contributed by atoms with van der Waals surface area (Å²) in [6.45, 7) is 5.67. The molecule has 2 heteroatoms. The fourth-order valence-corrected chi connectivity index (χ4v) is 4.21. The summed E-state index contributed by atoms with van der Waals surface area (Å²) < 4.78 is 0. The van der Waals surface area contributed by atoms with Gasteiger partial charge >= 0.3 is 0 Å². The molecule has 0 amide bonds. The fourth-order valence-electron chi connectivity index (χ4n) is 4.21. The second-order valence-electron chi connectivity index (χ2n) is 6.70. The Hall–Kier alpha value is -1.33. The molecule has 100 valence electrons. The lowest BCUT2D eigenvalue weighted by atomic mass is 9.72. The molecule has 2 nitrogen and oxygen atoms in total.